The van der Waals surface area contributed by atoms with Crippen LogP contribution in [0.15, 0.2) is 24.5 Å². The Labute approximate surface area is 97.3 Å². The van der Waals surface area contributed by atoms with Crippen LogP contribution in [0.4, 0.5) is 0 Å². The fourth-order valence-corrected chi connectivity index (χ4v) is 2.05. The lowest BCUT2D eigenvalue weighted by atomic mass is 10.2. The van der Waals surface area contributed by atoms with Crippen LogP contribution in [0.3, 0.4) is 0 Å². The van der Waals surface area contributed by atoms with Crippen LogP contribution in [0, 0.1) is 6.92 Å². The van der Waals surface area contributed by atoms with Crippen molar-refractivity contribution in [3.63, 3.8) is 0 Å². The summed E-state index contributed by atoms with van der Waals surface area (Å²) in [6.45, 7) is 5.48. The molecule has 86 valence electrons. The molecular formula is C14H20N2. The third kappa shape index (κ3) is 2.43. The number of hydrogen-bond acceptors (Lipinski definition) is 1. The van der Waals surface area contributed by atoms with Gasteiger partial charge in [-0.25, -0.2) is 4.98 Å². The molecule has 2 rings (SSSR count). The summed E-state index contributed by atoms with van der Waals surface area (Å²) >= 11 is 0. The molecule has 0 fully saturated rings. The van der Waals surface area contributed by atoms with Gasteiger partial charge >= 0.3 is 0 Å². The molecule has 2 heteroatoms. The monoisotopic (exact) mass is 216 g/mol. The van der Waals surface area contributed by atoms with Gasteiger partial charge in [-0.1, -0.05) is 32.3 Å². The van der Waals surface area contributed by atoms with Gasteiger partial charge in [0.1, 0.15) is 0 Å². The standard InChI is InChI=1S/C14H20N2/c1-3-4-5-6-9-16-11-15-13-8-7-12(2)10-14(13)16/h7-8,10-11H,3-6,9H2,1-2H3. The number of nitrogens with zero attached hydrogens (tertiary/aromatic N) is 2. The fourth-order valence-electron chi connectivity index (χ4n) is 2.05. The van der Waals surface area contributed by atoms with Crippen LogP contribution in [0.5, 0.6) is 0 Å². The molecule has 0 bridgehead atoms. The zero-order valence-electron chi connectivity index (χ0n) is 10.2. The normalized spacial score (nSPS) is 11.1. The number of rotatable bonds is 5. The van der Waals surface area contributed by atoms with Gasteiger partial charge in [0, 0.05) is 6.54 Å². The molecule has 0 atom stereocenters. The Balaban J connectivity index is 2.09. The van der Waals surface area contributed by atoms with E-state index in [0.29, 0.717) is 0 Å². The fraction of sp³-hybridized carbons (Fsp3) is 0.500. The predicted molar refractivity (Wildman–Crippen MR) is 68.6 cm³/mol. The minimum atomic E-state index is 1.10. The lowest BCUT2D eigenvalue weighted by Crippen LogP contribution is -1.96. The Hall–Kier alpha value is -1.31. The minimum absolute atomic E-state index is 1.10. The van der Waals surface area contributed by atoms with Gasteiger partial charge in [0.25, 0.3) is 0 Å². The average molecular weight is 216 g/mol. The zero-order chi connectivity index (χ0) is 11.4. The molecule has 2 aromatic rings. The highest BCUT2D eigenvalue weighted by Gasteiger charge is 2.01. The number of fused-ring (bicyclic) bond motifs is 1. The third-order valence-electron chi connectivity index (χ3n) is 3.03. The van der Waals surface area contributed by atoms with Crippen molar-refractivity contribution in [1.82, 2.24) is 9.55 Å². The molecule has 0 unspecified atom stereocenters. The van der Waals surface area contributed by atoms with Crippen LogP contribution in [0.1, 0.15) is 38.2 Å². The van der Waals surface area contributed by atoms with E-state index in [2.05, 4.69) is 41.6 Å². The second-order valence-electron chi connectivity index (χ2n) is 4.49. The van der Waals surface area contributed by atoms with E-state index in [-0.39, 0.29) is 0 Å². The first-order chi connectivity index (χ1) is 7.81. The van der Waals surface area contributed by atoms with E-state index in [1.165, 1.54) is 36.8 Å². The van der Waals surface area contributed by atoms with E-state index in [4.69, 9.17) is 0 Å². The van der Waals surface area contributed by atoms with Crippen LogP contribution >= 0.6 is 0 Å². The molecule has 0 saturated heterocycles. The Morgan fingerprint density at radius 1 is 1.19 bits per heavy atom. The van der Waals surface area contributed by atoms with Crippen molar-refractivity contribution in [3.05, 3.63) is 30.1 Å². The lowest BCUT2D eigenvalue weighted by Gasteiger charge is -2.04. The Morgan fingerprint density at radius 2 is 2.06 bits per heavy atom. The van der Waals surface area contributed by atoms with Gasteiger partial charge < -0.3 is 4.57 Å². The molecule has 1 aromatic carbocycles. The van der Waals surface area contributed by atoms with Crippen LogP contribution in [0.25, 0.3) is 11.0 Å². The maximum atomic E-state index is 4.42. The number of aryl methyl sites for hydroxylation is 2. The van der Waals surface area contributed by atoms with Gasteiger partial charge in [0.2, 0.25) is 0 Å². The SMILES string of the molecule is CCCCCCn1cnc2ccc(C)cc21. The van der Waals surface area contributed by atoms with Crippen molar-refractivity contribution in [3.8, 4) is 0 Å². The first-order valence-corrected chi connectivity index (χ1v) is 6.22. The Kier molecular flexibility index (Phi) is 3.60. The van der Waals surface area contributed by atoms with Gasteiger partial charge in [-0.05, 0) is 31.0 Å². The topological polar surface area (TPSA) is 17.8 Å². The number of aromatic nitrogens is 2. The molecule has 0 N–H and O–H groups in total. The smallest absolute Gasteiger partial charge is 0.0958 e. The van der Waals surface area contributed by atoms with Crippen molar-refractivity contribution in [2.24, 2.45) is 0 Å². The molecule has 2 nitrogen and oxygen atoms in total. The maximum Gasteiger partial charge on any atom is 0.0958 e. The van der Waals surface area contributed by atoms with E-state index in [9.17, 15) is 0 Å². The first kappa shape index (κ1) is 11.2. The highest BCUT2D eigenvalue weighted by Crippen LogP contribution is 2.15. The maximum absolute atomic E-state index is 4.42. The molecule has 0 aliphatic heterocycles. The summed E-state index contributed by atoms with van der Waals surface area (Å²) in [5.41, 5.74) is 3.69. The largest absolute Gasteiger partial charge is 0.331 e. The van der Waals surface area contributed by atoms with Crippen LogP contribution in [-0.2, 0) is 6.54 Å². The molecule has 0 aliphatic carbocycles. The summed E-state index contributed by atoms with van der Waals surface area (Å²) in [6, 6.07) is 6.45. The van der Waals surface area contributed by atoms with Crippen molar-refractivity contribution in [2.45, 2.75) is 46.1 Å². The summed E-state index contributed by atoms with van der Waals surface area (Å²) in [6.07, 6.45) is 7.18. The van der Waals surface area contributed by atoms with Crippen molar-refractivity contribution < 1.29 is 0 Å². The van der Waals surface area contributed by atoms with Crippen LogP contribution in [-0.4, -0.2) is 9.55 Å². The van der Waals surface area contributed by atoms with Gasteiger partial charge in [0.15, 0.2) is 0 Å². The molecule has 0 aliphatic rings. The Bertz CT molecular complexity index is 457. The van der Waals surface area contributed by atoms with Gasteiger partial charge in [0.05, 0.1) is 17.4 Å². The molecule has 0 amide bonds. The van der Waals surface area contributed by atoms with Gasteiger partial charge in [-0.3, -0.25) is 0 Å². The molecule has 0 radical (unpaired) electrons. The van der Waals surface area contributed by atoms with Crippen LogP contribution < -0.4 is 0 Å². The quantitative estimate of drug-likeness (QED) is 0.692. The van der Waals surface area contributed by atoms with E-state index in [1.54, 1.807) is 0 Å². The number of hydrogen-bond donors (Lipinski definition) is 0. The van der Waals surface area contributed by atoms with E-state index in [1.807, 2.05) is 6.33 Å². The number of benzene rings is 1. The lowest BCUT2D eigenvalue weighted by molar-refractivity contribution is 0.591. The molecular weight excluding hydrogens is 196 g/mol. The van der Waals surface area contributed by atoms with Gasteiger partial charge in [-0.15, -0.1) is 0 Å². The molecule has 0 spiro atoms. The summed E-state index contributed by atoms with van der Waals surface area (Å²) in [4.78, 5) is 4.42. The molecule has 1 heterocycles. The van der Waals surface area contributed by atoms with Crippen molar-refractivity contribution in [2.75, 3.05) is 0 Å². The van der Waals surface area contributed by atoms with E-state index >= 15 is 0 Å². The average Bonchev–Trinajstić information content (AvgIpc) is 2.67. The summed E-state index contributed by atoms with van der Waals surface area (Å²) in [5, 5.41) is 0. The van der Waals surface area contributed by atoms with E-state index < -0.39 is 0 Å². The molecule has 0 saturated carbocycles. The summed E-state index contributed by atoms with van der Waals surface area (Å²) in [7, 11) is 0. The first-order valence-electron chi connectivity index (χ1n) is 6.22. The van der Waals surface area contributed by atoms with Crippen LogP contribution in [0.2, 0.25) is 0 Å². The summed E-state index contributed by atoms with van der Waals surface area (Å²) in [5.74, 6) is 0. The minimum Gasteiger partial charge on any atom is -0.331 e. The third-order valence-corrected chi connectivity index (χ3v) is 3.03. The predicted octanol–water partition coefficient (Wildman–Crippen LogP) is 3.93. The van der Waals surface area contributed by atoms with E-state index in [0.717, 1.165) is 12.1 Å². The Morgan fingerprint density at radius 3 is 2.88 bits per heavy atom. The molecule has 1 aromatic heterocycles. The number of unbranched alkanes of at least 4 members (excludes halogenated alkanes) is 3. The molecule has 16 heavy (non-hydrogen) atoms. The van der Waals surface area contributed by atoms with Crippen molar-refractivity contribution in [1.29, 1.82) is 0 Å². The van der Waals surface area contributed by atoms with Gasteiger partial charge in [-0.2, -0.15) is 0 Å². The highest BCUT2D eigenvalue weighted by atomic mass is 15.0. The second kappa shape index (κ2) is 5.15. The zero-order valence-corrected chi connectivity index (χ0v) is 10.2. The van der Waals surface area contributed by atoms with Crippen molar-refractivity contribution >= 4 is 11.0 Å². The summed E-state index contributed by atoms with van der Waals surface area (Å²) < 4.78 is 2.28. The highest BCUT2D eigenvalue weighted by molar-refractivity contribution is 5.75. The second-order valence-corrected chi connectivity index (χ2v) is 4.49. The number of imidazole rings is 1.